The Morgan fingerprint density at radius 2 is 1.62 bits per heavy atom. The van der Waals surface area contributed by atoms with Gasteiger partial charge >= 0.3 is 0 Å². The molecule has 0 fully saturated rings. The monoisotopic (exact) mass is 427 g/mol. The second-order valence-corrected chi connectivity index (χ2v) is 7.43. The summed E-state index contributed by atoms with van der Waals surface area (Å²) < 4.78 is 16.1. The predicted octanol–water partition coefficient (Wildman–Crippen LogP) is 5.13. The fourth-order valence-corrected chi connectivity index (χ4v) is 3.98. The predicted molar refractivity (Wildman–Crippen MR) is 123 cm³/mol. The lowest BCUT2D eigenvalue weighted by Crippen LogP contribution is -2.24. The molecule has 1 aliphatic heterocycles. The van der Waals surface area contributed by atoms with Gasteiger partial charge in [-0.25, -0.2) is 0 Å². The maximum absolute atomic E-state index is 10.2. The van der Waals surface area contributed by atoms with Crippen LogP contribution in [-0.2, 0) is 0 Å². The molecule has 0 N–H and O–H groups in total. The van der Waals surface area contributed by atoms with Gasteiger partial charge in [0.2, 0.25) is 0 Å². The van der Waals surface area contributed by atoms with E-state index in [1.54, 1.807) is 21.3 Å². The van der Waals surface area contributed by atoms with Gasteiger partial charge in [-0.1, -0.05) is 36.4 Å². The van der Waals surface area contributed by atoms with E-state index in [-0.39, 0.29) is 6.04 Å². The zero-order valence-electron chi connectivity index (χ0n) is 18.4. The van der Waals surface area contributed by atoms with Gasteiger partial charge in [-0.15, -0.1) is 0 Å². The minimum absolute atomic E-state index is 0.0638. The van der Waals surface area contributed by atoms with E-state index in [2.05, 4.69) is 18.2 Å². The molecule has 0 bridgehead atoms. The largest absolute Gasteiger partial charge is 0.497 e. The smallest absolute Gasteiger partial charge is 0.161 e. The van der Waals surface area contributed by atoms with Crippen molar-refractivity contribution in [2.75, 3.05) is 21.3 Å². The molecule has 1 heterocycles. The summed E-state index contributed by atoms with van der Waals surface area (Å²) in [5.41, 5.74) is 3.85. The molecule has 2 atom stereocenters. The second kappa shape index (κ2) is 9.44. The highest BCUT2D eigenvalue weighted by atomic mass is 16.5. The summed E-state index contributed by atoms with van der Waals surface area (Å²) >= 11 is 0. The highest BCUT2D eigenvalue weighted by Crippen LogP contribution is 2.40. The van der Waals surface area contributed by atoms with Crippen LogP contribution in [0.2, 0.25) is 0 Å². The van der Waals surface area contributed by atoms with E-state index in [4.69, 9.17) is 19.3 Å². The SMILES string of the molecule is COc1ccc(C2=NN([C@H](C#N)c3ccc(OC)c(OC)c3)[C@H](c3ccccc3)C2)cc1. The molecule has 0 unspecified atom stereocenters. The Hall–Kier alpha value is -3.98. The quantitative estimate of drug-likeness (QED) is 0.523. The molecular formula is C26H25N3O3. The first-order valence-corrected chi connectivity index (χ1v) is 10.3. The molecule has 3 aromatic rings. The molecule has 6 nitrogen and oxygen atoms in total. The van der Waals surface area contributed by atoms with Crippen molar-refractivity contribution in [3.05, 3.63) is 89.5 Å². The Morgan fingerprint density at radius 1 is 0.906 bits per heavy atom. The van der Waals surface area contributed by atoms with Crippen LogP contribution in [0.1, 0.15) is 35.2 Å². The number of hydrogen-bond donors (Lipinski definition) is 0. The van der Waals surface area contributed by atoms with E-state index in [9.17, 15) is 5.26 Å². The van der Waals surface area contributed by atoms with Crippen molar-refractivity contribution in [3.63, 3.8) is 0 Å². The number of nitrogens with zero attached hydrogens (tertiary/aromatic N) is 3. The van der Waals surface area contributed by atoms with Gasteiger partial charge in [-0.2, -0.15) is 10.4 Å². The topological polar surface area (TPSA) is 67.1 Å². The first-order chi connectivity index (χ1) is 15.7. The fourth-order valence-electron chi connectivity index (χ4n) is 3.98. The molecule has 162 valence electrons. The third kappa shape index (κ3) is 4.10. The third-order valence-corrected chi connectivity index (χ3v) is 5.66. The van der Waals surface area contributed by atoms with Crippen molar-refractivity contribution in [3.8, 4) is 23.3 Å². The first-order valence-electron chi connectivity index (χ1n) is 10.3. The number of benzene rings is 3. The molecule has 32 heavy (non-hydrogen) atoms. The van der Waals surface area contributed by atoms with E-state index in [0.717, 1.165) is 28.2 Å². The summed E-state index contributed by atoms with van der Waals surface area (Å²) in [7, 11) is 4.83. The van der Waals surface area contributed by atoms with Gasteiger partial charge < -0.3 is 14.2 Å². The lowest BCUT2D eigenvalue weighted by molar-refractivity contribution is 0.196. The summed E-state index contributed by atoms with van der Waals surface area (Å²) in [6, 6.07) is 25.4. The van der Waals surface area contributed by atoms with Gasteiger partial charge in [-0.3, -0.25) is 5.01 Å². The average Bonchev–Trinajstić information content (AvgIpc) is 3.30. The van der Waals surface area contributed by atoms with E-state index in [1.165, 1.54) is 0 Å². The molecule has 6 heteroatoms. The van der Waals surface area contributed by atoms with E-state index in [0.29, 0.717) is 17.9 Å². The molecular weight excluding hydrogens is 402 g/mol. The van der Waals surface area contributed by atoms with Gasteiger partial charge in [0.25, 0.3) is 0 Å². The summed E-state index contributed by atoms with van der Waals surface area (Å²) in [5.74, 6) is 2.00. The van der Waals surface area contributed by atoms with Crippen molar-refractivity contribution in [1.82, 2.24) is 5.01 Å². The molecule has 0 amide bonds. The first kappa shape index (κ1) is 21.3. The van der Waals surface area contributed by atoms with Crippen LogP contribution < -0.4 is 14.2 Å². The molecule has 0 aromatic heterocycles. The maximum atomic E-state index is 10.2. The highest BCUT2D eigenvalue weighted by molar-refractivity contribution is 6.02. The van der Waals surface area contributed by atoms with Crippen molar-refractivity contribution in [1.29, 1.82) is 5.26 Å². The Kier molecular flexibility index (Phi) is 6.27. The standard InChI is InChI=1S/C26H25N3O3/c1-30-21-12-9-18(10-13-21)22-16-23(19-7-5-4-6-8-19)29(28-22)24(17-27)20-11-14-25(31-2)26(15-20)32-3/h4-15,23-24H,16H2,1-3H3/t23-,24+/m0/s1. The average molecular weight is 428 g/mol. The van der Waals surface area contributed by atoms with Crippen LogP contribution in [0.15, 0.2) is 77.9 Å². The van der Waals surface area contributed by atoms with Crippen molar-refractivity contribution in [2.45, 2.75) is 18.5 Å². The van der Waals surface area contributed by atoms with Crippen LogP contribution in [0.3, 0.4) is 0 Å². The van der Waals surface area contributed by atoms with Gasteiger partial charge in [0.05, 0.1) is 39.2 Å². The van der Waals surface area contributed by atoms with Gasteiger partial charge in [0.1, 0.15) is 5.75 Å². The lowest BCUT2D eigenvalue weighted by Gasteiger charge is -2.28. The van der Waals surface area contributed by atoms with Crippen molar-refractivity contribution < 1.29 is 14.2 Å². The molecule has 0 saturated heterocycles. The molecule has 0 aliphatic carbocycles. The van der Waals surface area contributed by atoms with Gasteiger partial charge in [-0.05, 0) is 53.1 Å². The normalized spacial score (nSPS) is 16.1. The zero-order valence-corrected chi connectivity index (χ0v) is 18.4. The summed E-state index contributed by atoms with van der Waals surface area (Å²) in [6.45, 7) is 0. The number of methoxy groups -OCH3 is 3. The van der Waals surface area contributed by atoms with Crippen LogP contribution in [0.5, 0.6) is 17.2 Å². The summed E-state index contributed by atoms with van der Waals surface area (Å²) in [6.07, 6.45) is 0.696. The minimum atomic E-state index is -0.587. The van der Waals surface area contributed by atoms with Crippen LogP contribution >= 0.6 is 0 Å². The number of hydrogen-bond acceptors (Lipinski definition) is 6. The van der Waals surface area contributed by atoms with Crippen molar-refractivity contribution in [2.24, 2.45) is 5.10 Å². The molecule has 3 aromatic carbocycles. The molecule has 4 rings (SSSR count). The van der Waals surface area contributed by atoms with E-state index in [1.807, 2.05) is 65.7 Å². The van der Waals surface area contributed by atoms with Gasteiger partial charge in [0, 0.05) is 6.42 Å². The maximum Gasteiger partial charge on any atom is 0.161 e. The van der Waals surface area contributed by atoms with E-state index >= 15 is 0 Å². The Morgan fingerprint density at radius 3 is 2.25 bits per heavy atom. The Balaban J connectivity index is 1.75. The number of hydrazone groups is 1. The lowest BCUT2D eigenvalue weighted by atomic mass is 9.96. The number of nitriles is 1. The van der Waals surface area contributed by atoms with Crippen LogP contribution in [0.25, 0.3) is 0 Å². The number of ether oxygens (including phenoxy) is 3. The number of rotatable bonds is 7. The van der Waals surface area contributed by atoms with Gasteiger partial charge in [0.15, 0.2) is 17.5 Å². The highest BCUT2D eigenvalue weighted by Gasteiger charge is 2.35. The summed E-state index contributed by atoms with van der Waals surface area (Å²) in [4.78, 5) is 0. The Labute approximate surface area is 188 Å². The summed E-state index contributed by atoms with van der Waals surface area (Å²) in [5, 5.41) is 17.0. The Bertz CT molecular complexity index is 1140. The minimum Gasteiger partial charge on any atom is -0.497 e. The molecule has 0 saturated carbocycles. The third-order valence-electron chi connectivity index (χ3n) is 5.66. The molecule has 1 aliphatic rings. The molecule has 0 spiro atoms. The second-order valence-electron chi connectivity index (χ2n) is 7.43. The fraction of sp³-hybridized carbons (Fsp3) is 0.231. The van der Waals surface area contributed by atoms with E-state index < -0.39 is 6.04 Å². The van der Waals surface area contributed by atoms with Crippen molar-refractivity contribution >= 4 is 5.71 Å². The van der Waals surface area contributed by atoms with Crippen LogP contribution in [0, 0.1) is 11.3 Å². The zero-order chi connectivity index (χ0) is 22.5. The molecule has 0 radical (unpaired) electrons. The van der Waals surface area contributed by atoms with Crippen LogP contribution in [-0.4, -0.2) is 32.0 Å². The van der Waals surface area contributed by atoms with Crippen LogP contribution in [0.4, 0.5) is 0 Å².